The third-order valence-electron chi connectivity index (χ3n) is 7.39. The van der Waals surface area contributed by atoms with Crippen molar-refractivity contribution in [2.24, 2.45) is 0 Å². The van der Waals surface area contributed by atoms with Crippen LogP contribution in [0.5, 0.6) is 5.75 Å². The number of amides is 2. The molecule has 0 bridgehead atoms. The number of nitrogens with zero attached hydrogens (tertiary/aromatic N) is 2. The minimum Gasteiger partial charge on any atom is -0.490 e. The first-order valence-corrected chi connectivity index (χ1v) is 11.7. The Morgan fingerprint density at radius 1 is 1.15 bits per heavy atom. The number of nitrogens with one attached hydrogen (secondary N) is 1. The number of rotatable bonds is 4. The van der Waals surface area contributed by atoms with Gasteiger partial charge in [-0.05, 0) is 55.2 Å². The van der Waals surface area contributed by atoms with E-state index in [2.05, 4.69) is 16.5 Å². The Hall–Kier alpha value is -3.87. The minimum absolute atomic E-state index is 0.0151. The maximum atomic E-state index is 13.3. The number of fused-ring (bicyclic) bond motifs is 5. The number of aromatic nitrogens is 1. The van der Waals surface area contributed by atoms with Gasteiger partial charge in [-0.3, -0.25) is 14.4 Å². The average Bonchev–Trinajstić information content (AvgIpc) is 3.22. The molecule has 1 aromatic heterocycles. The molecule has 0 radical (unpaired) electrons. The Labute approximate surface area is 197 Å². The van der Waals surface area contributed by atoms with E-state index >= 15 is 0 Å². The van der Waals surface area contributed by atoms with Crippen LogP contribution >= 0.6 is 0 Å². The van der Waals surface area contributed by atoms with E-state index in [-0.39, 0.29) is 29.6 Å². The molecule has 7 nitrogen and oxygen atoms in total. The van der Waals surface area contributed by atoms with Crippen LogP contribution in [-0.2, 0) is 16.8 Å². The highest BCUT2D eigenvalue weighted by molar-refractivity contribution is 6.05. The fraction of sp³-hybridized carbons (Fsp3) is 0.296. The van der Waals surface area contributed by atoms with Crippen molar-refractivity contribution in [2.45, 2.75) is 31.2 Å². The lowest BCUT2D eigenvalue weighted by molar-refractivity contribution is -0.114. The summed E-state index contributed by atoms with van der Waals surface area (Å²) < 4.78 is 7.84. The molecule has 1 N–H and O–H groups in total. The molecule has 2 amide bonds. The first kappa shape index (κ1) is 20.7. The number of anilines is 1. The van der Waals surface area contributed by atoms with E-state index in [0.717, 1.165) is 35.7 Å². The van der Waals surface area contributed by atoms with E-state index in [0.29, 0.717) is 42.4 Å². The summed E-state index contributed by atoms with van der Waals surface area (Å²) in [4.78, 5) is 39.7. The van der Waals surface area contributed by atoms with Gasteiger partial charge in [0, 0.05) is 29.4 Å². The molecular formula is C27H25N3O4. The molecule has 2 aliphatic heterocycles. The molecule has 1 spiro atoms. The molecule has 2 aromatic carbocycles. The quantitative estimate of drug-likeness (QED) is 0.482. The topological polar surface area (TPSA) is 80.6 Å². The third kappa shape index (κ3) is 3.07. The second-order valence-electron chi connectivity index (χ2n) is 9.34. The predicted octanol–water partition coefficient (Wildman–Crippen LogP) is 3.60. The van der Waals surface area contributed by atoms with Crippen molar-refractivity contribution < 1.29 is 19.1 Å². The lowest BCUT2D eigenvalue weighted by atomic mass is 9.75. The van der Waals surface area contributed by atoms with Gasteiger partial charge >= 0.3 is 0 Å². The standard InChI is InChI=1S/C27H25N3O4/c1-2-25(32)29-10-11-34-24-7-4-17(12-21(24)29)13-23(31)19-6-5-18-14-22-26(33)28-16-27(8-3-9-27)30(22)20(18)15-19/h2,4-7,12,14-15H,1,3,8-11,13,16H2,(H,28,33). The number of carbonyl (C=O) groups excluding carboxylic acids is 3. The number of benzene rings is 2. The van der Waals surface area contributed by atoms with Gasteiger partial charge in [-0.1, -0.05) is 24.8 Å². The van der Waals surface area contributed by atoms with Crippen molar-refractivity contribution >= 4 is 34.2 Å². The lowest BCUT2D eigenvalue weighted by Gasteiger charge is -2.47. The van der Waals surface area contributed by atoms with Gasteiger partial charge in [-0.2, -0.15) is 0 Å². The number of hydrogen-bond donors (Lipinski definition) is 1. The molecule has 3 heterocycles. The number of ketones is 1. The third-order valence-corrected chi connectivity index (χ3v) is 7.39. The van der Waals surface area contributed by atoms with Crippen LogP contribution in [0.2, 0.25) is 0 Å². The van der Waals surface area contributed by atoms with Gasteiger partial charge in [0.25, 0.3) is 11.8 Å². The van der Waals surface area contributed by atoms with Gasteiger partial charge < -0.3 is 19.5 Å². The molecular weight excluding hydrogens is 430 g/mol. The highest BCUT2D eigenvalue weighted by Crippen LogP contribution is 2.44. The summed E-state index contributed by atoms with van der Waals surface area (Å²) in [6.07, 6.45) is 4.68. The van der Waals surface area contributed by atoms with Crippen molar-refractivity contribution in [3.8, 4) is 5.75 Å². The van der Waals surface area contributed by atoms with Crippen LogP contribution in [0.15, 0.2) is 55.1 Å². The van der Waals surface area contributed by atoms with Crippen LogP contribution < -0.4 is 15.0 Å². The zero-order valence-corrected chi connectivity index (χ0v) is 18.8. The molecule has 0 saturated heterocycles. The van der Waals surface area contributed by atoms with Crippen LogP contribution in [0, 0.1) is 0 Å². The molecule has 1 saturated carbocycles. The van der Waals surface area contributed by atoms with Crippen LogP contribution in [0.3, 0.4) is 0 Å². The van der Waals surface area contributed by atoms with Crippen molar-refractivity contribution in [3.63, 3.8) is 0 Å². The normalized spacial score (nSPS) is 17.9. The lowest BCUT2D eigenvalue weighted by Crippen LogP contribution is -2.55. The van der Waals surface area contributed by atoms with Crippen LogP contribution in [0.4, 0.5) is 5.69 Å². The fourth-order valence-corrected chi connectivity index (χ4v) is 5.45. The Kier molecular flexibility index (Phi) is 4.62. The van der Waals surface area contributed by atoms with Crippen molar-refractivity contribution in [2.75, 3.05) is 24.6 Å². The first-order valence-electron chi connectivity index (χ1n) is 11.7. The maximum Gasteiger partial charge on any atom is 0.268 e. The number of hydrogen-bond acceptors (Lipinski definition) is 4. The van der Waals surface area contributed by atoms with Gasteiger partial charge in [-0.25, -0.2) is 0 Å². The molecule has 0 unspecified atom stereocenters. The van der Waals surface area contributed by atoms with E-state index in [1.807, 2.05) is 42.5 Å². The zero-order valence-electron chi connectivity index (χ0n) is 18.8. The van der Waals surface area contributed by atoms with Gasteiger partial charge in [0.1, 0.15) is 18.1 Å². The number of Topliss-reactive ketones (excluding diaryl/α,β-unsaturated/α-hetero) is 1. The van der Waals surface area contributed by atoms with Crippen molar-refractivity contribution in [3.05, 3.63) is 71.9 Å². The van der Waals surface area contributed by atoms with E-state index in [4.69, 9.17) is 4.74 Å². The minimum atomic E-state index is -0.189. The van der Waals surface area contributed by atoms with Crippen molar-refractivity contribution in [1.29, 1.82) is 0 Å². The SMILES string of the molecule is C=CC(=O)N1CCOc2ccc(CC(=O)c3ccc4cc5n(c4c3)C3(CCC3)CNC5=O)cc21. The second kappa shape index (κ2) is 7.58. The van der Waals surface area contributed by atoms with E-state index < -0.39 is 0 Å². The molecule has 172 valence electrons. The summed E-state index contributed by atoms with van der Waals surface area (Å²) in [7, 11) is 0. The molecule has 3 aliphatic rings. The van der Waals surface area contributed by atoms with E-state index in [1.165, 1.54) is 6.08 Å². The largest absolute Gasteiger partial charge is 0.490 e. The van der Waals surface area contributed by atoms with Crippen LogP contribution in [0.1, 0.15) is 45.7 Å². The Bertz CT molecular complexity index is 1380. The van der Waals surface area contributed by atoms with Gasteiger partial charge in [0.15, 0.2) is 5.78 Å². The summed E-state index contributed by atoms with van der Waals surface area (Å²) in [5.41, 5.74) is 3.62. The molecule has 3 aromatic rings. The van der Waals surface area contributed by atoms with Crippen LogP contribution in [-0.4, -0.2) is 41.9 Å². The highest BCUT2D eigenvalue weighted by Gasteiger charge is 2.44. The Balaban J connectivity index is 1.33. The van der Waals surface area contributed by atoms with Crippen molar-refractivity contribution in [1.82, 2.24) is 9.88 Å². The van der Waals surface area contributed by atoms with E-state index in [1.54, 1.807) is 4.90 Å². The Morgan fingerprint density at radius 2 is 2.00 bits per heavy atom. The van der Waals surface area contributed by atoms with E-state index in [9.17, 15) is 14.4 Å². The average molecular weight is 456 g/mol. The molecule has 1 fully saturated rings. The second-order valence-corrected chi connectivity index (χ2v) is 9.34. The smallest absolute Gasteiger partial charge is 0.268 e. The molecule has 0 atom stereocenters. The zero-order chi connectivity index (χ0) is 23.4. The number of ether oxygens (including phenoxy) is 1. The van der Waals surface area contributed by atoms with Gasteiger partial charge in [-0.15, -0.1) is 0 Å². The molecule has 34 heavy (non-hydrogen) atoms. The molecule has 7 heteroatoms. The summed E-state index contributed by atoms with van der Waals surface area (Å²) in [5.74, 6) is 0.364. The fourth-order valence-electron chi connectivity index (χ4n) is 5.45. The highest BCUT2D eigenvalue weighted by atomic mass is 16.5. The summed E-state index contributed by atoms with van der Waals surface area (Å²) in [6, 6.07) is 13.1. The monoisotopic (exact) mass is 455 g/mol. The maximum absolute atomic E-state index is 13.3. The van der Waals surface area contributed by atoms with Gasteiger partial charge in [0.2, 0.25) is 0 Å². The predicted molar refractivity (Wildman–Crippen MR) is 129 cm³/mol. The first-order chi connectivity index (χ1) is 16.5. The summed E-state index contributed by atoms with van der Waals surface area (Å²) >= 11 is 0. The van der Waals surface area contributed by atoms with Gasteiger partial charge in [0.05, 0.1) is 17.8 Å². The number of carbonyl (C=O) groups is 3. The van der Waals surface area contributed by atoms with Crippen LogP contribution in [0.25, 0.3) is 10.9 Å². The Morgan fingerprint density at radius 3 is 2.76 bits per heavy atom. The summed E-state index contributed by atoms with van der Waals surface area (Å²) in [6.45, 7) is 5.09. The molecule has 6 rings (SSSR count). The molecule has 1 aliphatic carbocycles. The summed E-state index contributed by atoms with van der Waals surface area (Å²) in [5, 5.41) is 4.00.